The summed E-state index contributed by atoms with van der Waals surface area (Å²) >= 11 is 0. The van der Waals surface area contributed by atoms with Gasteiger partial charge in [-0.3, -0.25) is 4.79 Å². The number of allylic oxidation sites excluding steroid dienone is 2. The number of pyridine rings is 1. The number of hydrogen-bond acceptors (Lipinski definition) is 4. The number of morpholine rings is 1. The maximum Gasteiger partial charge on any atom is 0.223 e. The minimum atomic E-state index is 0.130. The number of carbonyl (C=O) groups is 1. The lowest BCUT2D eigenvalue weighted by Crippen LogP contribution is -2.36. The molecule has 3 rings (SSSR count). The monoisotopic (exact) mass is 301 g/mol. The van der Waals surface area contributed by atoms with Crippen LogP contribution in [0.25, 0.3) is 0 Å². The fourth-order valence-corrected chi connectivity index (χ4v) is 2.90. The van der Waals surface area contributed by atoms with Gasteiger partial charge in [0.15, 0.2) is 0 Å². The van der Waals surface area contributed by atoms with E-state index in [-0.39, 0.29) is 11.8 Å². The van der Waals surface area contributed by atoms with Gasteiger partial charge in [-0.15, -0.1) is 0 Å². The number of nitrogens with zero attached hydrogens (tertiary/aromatic N) is 2. The lowest BCUT2D eigenvalue weighted by molar-refractivity contribution is -0.125. The second kappa shape index (κ2) is 7.40. The largest absolute Gasteiger partial charge is 0.378 e. The van der Waals surface area contributed by atoms with E-state index in [0.29, 0.717) is 6.54 Å². The minimum Gasteiger partial charge on any atom is -0.378 e. The summed E-state index contributed by atoms with van der Waals surface area (Å²) in [6.45, 7) is 3.81. The van der Waals surface area contributed by atoms with Crippen molar-refractivity contribution in [3.8, 4) is 0 Å². The fraction of sp³-hybridized carbons (Fsp3) is 0.529. The molecule has 1 aliphatic carbocycles. The zero-order chi connectivity index (χ0) is 15.2. The quantitative estimate of drug-likeness (QED) is 0.863. The molecule has 1 unspecified atom stereocenters. The number of anilines is 1. The van der Waals surface area contributed by atoms with E-state index < -0.39 is 0 Å². The van der Waals surface area contributed by atoms with Crippen molar-refractivity contribution in [1.82, 2.24) is 10.3 Å². The summed E-state index contributed by atoms with van der Waals surface area (Å²) in [5.74, 6) is 1.26. The number of ether oxygens (including phenoxy) is 1. The maximum absolute atomic E-state index is 12.2. The second-order valence-corrected chi connectivity index (χ2v) is 5.82. The van der Waals surface area contributed by atoms with Gasteiger partial charge in [0.25, 0.3) is 0 Å². The molecule has 5 heteroatoms. The van der Waals surface area contributed by atoms with Crippen LogP contribution in [0.5, 0.6) is 0 Å². The Labute approximate surface area is 131 Å². The normalized spacial score (nSPS) is 21.6. The Kier molecular flexibility index (Phi) is 5.06. The van der Waals surface area contributed by atoms with Crippen LogP contribution in [-0.2, 0) is 16.1 Å². The molecule has 22 heavy (non-hydrogen) atoms. The van der Waals surface area contributed by atoms with E-state index in [9.17, 15) is 4.79 Å². The average molecular weight is 301 g/mol. The molecular formula is C17H23N3O2. The third-order valence-electron chi connectivity index (χ3n) is 4.25. The number of nitrogens with one attached hydrogen (secondary N) is 1. The summed E-state index contributed by atoms with van der Waals surface area (Å²) < 4.78 is 5.37. The Hall–Kier alpha value is -1.88. The zero-order valence-corrected chi connectivity index (χ0v) is 12.8. The van der Waals surface area contributed by atoms with E-state index in [0.717, 1.165) is 56.9 Å². The average Bonchev–Trinajstić information content (AvgIpc) is 2.61. The van der Waals surface area contributed by atoms with Crippen LogP contribution >= 0.6 is 0 Å². The number of amides is 1. The van der Waals surface area contributed by atoms with E-state index >= 15 is 0 Å². The molecule has 0 spiro atoms. The van der Waals surface area contributed by atoms with Crippen LogP contribution in [0.4, 0.5) is 5.82 Å². The minimum absolute atomic E-state index is 0.130. The molecule has 118 valence electrons. The van der Waals surface area contributed by atoms with Gasteiger partial charge < -0.3 is 15.0 Å². The second-order valence-electron chi connectivity index (χ2n) is 5.82. The smallest absolute Gasteiger partial charge is 0.223 e. The molecule has 0 bridgehead atoms. The molecule has 0 aromatic carbocycles. The van der Waals surface area contributed by atoms with Crippen molar-refractivity contribution in [1.29, 1.82) is 0 Å². The Morgan fingerprint density at radius 1 is 1.36 bits per heavy atom. The SMILES string of the molecule is O=C(NCc1ccnc(N2CCOCC2)c1)C1CC=CCC1. The van der Waals surface area contributed by atoms with Crippen molar-refractivity contribution in [2.24, 2.45) is 5.92 Å². The molecule has 0 saturated carbocycles. The van der Waals surface area contributed by atoms with Gasteiger partial charge >= 0.3 is 0 Å². The fourth-order valence-electron chi connectivity index (χ4n) is 2.90. The molecule has 1 atom stereocenters. The van der Waals surface area contributed by atoms with Gasteiger partial charge in [-0.1, -0.05) is 12.2 Å². The molecule has 1 fully saturated rings. The van der Waals surface area contributed by atoms with Crippen molar-refractivity contribution >= 4 is 11.7 Å². The van der Waals surface area contributed by atoms with Gasteiger partial charge in [-0.05, 0) is 37.0 Å². The molecule has 1 saturated heterocycles. The summed E-state index contributed by atoms with van der Waals surface area (Å²) in [7, 11) is 0. The molecule has 1 amide bonds. The van der Waals surface area contributed by atoms with Crippen molar-refractivity contribution in [3.05, 3.63) is 36.0 Å². The molecule has 2 heterocycles. The molecule has 2 aliphatic rings. The van der Waals surface area contributed by atoms with Gasteiger partial charge in [0.2, 0.25) is 5.91 Å². The van der Waals surface area contributed by atoms with Crippen LogP contribution in [0, 0.1) is 5.92 Å². The van der Waals surface area contributed by atoms with Crippen molar-refractivity contribution in [3.63, 3.8) is 0 Å². The molecule has 1 N–H and O–H groups in total. The van der Waals surface area contributed by atoms with E-state index in [4.69, 9.17) is 4.74 Å². The van der Waals surface area contributed by atoms with Crippen LogP contribution in [0.1, 0.15) is 24.8 Å². The molecule has 1 aromatic heterocycles. The van der Waals surface area contributed by atoms with E-state index in [1.807, 2.05) is 12.3 Å². The molecule has 5 nitrogen and oxygen atoms in total. The maximum atomic E-state index is 12.2. The van der Waals surface area contributed by atoms with E-state index in [1.165, 1.54) is 0 Å². The Bertz CT molecular complexity index is 538. The molecule has 1 aromatic rings. The Morgan fingerprint density at radius 3 is 3.00 bits per heavy atom. The summed E-state index contributed by atoms with van der Waals surface area (Å²) in [5, 5.41) is 3.05. The lowest BCUT2D eigenvalue weighted by Gasteiger charge is -2.28. The van der Waals surface area contributed by atoms with E-state index in [1.54, 1.807) is 0 Å². The number of aromatic nitrogens is 1. The highest BCUT2D eigenvalue weighted by molar-refractivity contribution is 5.79. The molecule has 0 radical (unpaired) electrons. The van der Waals surface area contributed by atoms with Gasteiger partial charge in [0.1, 0.15) is 5.82 Å². The predicted octanol–water partition coefficient (Wildman–Crippen LogP) is 1.89. The first-order chi connectivity index (χ1) is 10.8. The summed E-state index contributed by atoms with van der Waals surface area (Å²) in [6.07, 6.45) is 8.90. The third kappa shape index (κ3) is 3.85. The third-order valence-corrected chi connectivity index (χ3v) is 4.25. The van der Waals surface area contributed by atoms with Crippen LogP contribution in [0.15, 0.2) is 30.5 Å². The van der Waals surface area contributed by atoms with Crippen LogP contribution in [0.2, 0.25) is 0 Å². The number of hydrogen-bond donors (Lipinski definition) is 1. The Morgan fingerprint density at radius 2 is 2.23 bits per heavy atom. The Balaban J connectivity index is 1.55. The summed E-state index contributed by atoms with van der Waals surface area (Å²) in [5.41, 5.74) is 1.09. The van der Waals surface area contributed by atoms with Gasteiger partial charge in [0, 0.05) is 31.7 Å². The van der Waals surface area contributed by atoms with Crippen LogP contribution < -0.4 is 10.2 Å². The van der Waals surface area contributed by atoms with Crippen LogP contribution in [0.3, 0.4) is 0 Å². The van der Waals surface area contributed by atoms with E-state index in [2.05, 4.69) is 33.4 Å². The standard InChI is InChI=1S/C17H23N3O2/c21-17(15-4-2-1-3-5-15)19-13-14-6-7-18-16(12-14)20-8-10-22-11-9-20/h1-2,6-7,12,15H,3-5,8-11,13H2,(H,19,21). The van der Waals surface area contributed by atoms with Gasteiger partial charge in [0.05, 0.1) is 13.2 Å². The van der Waals surface area contributed by atoms with Crippen molar-refractivity contribution in [2.45, 2.75) is 25.8 Å². The van der Waals surface area contributed by atoms with Crippen LogP contribution in [-0.4, -0.2) is 37.2 Å². The first kappa shape index (κ1) is 15.0. The predicted molar refractivity (Wildman–Crippen MR) is 85.6 cm³/mol. The lowest BCUT2D eigenvalue weighted by atomic mass is 9.93. The highest BCUT2D eigenvalue weighted by Gasteiger charge is 2.18. The van der Waals surface area contributed by atoms with Gasteiger partial charge in [-0.2, -0.15) is 0 Å². The highest BCUT2D eigenvalue weighted by atomic mass is 16.5. The highest BCUT2D eigenvalue weighted by Crippen LogP contribution is 2.18. The molecular weight excluding hydrogens is 278 g/mol. The topological polar surface area (TPSA) is 54.5 Å². The first-order valence-corrected chi connectivity index (χ1v) is 8.03. The molecule has 1 aliphatic heterocycles. The van der Waals surface area contributed by atoms with Crippen molar-refractivity contribution in [2.75, 3.05) is 31.2 Å². The van der Waals surface area contributed by atoms with Crippen molar-refractivity contribution < 1.29 is 9.53 Å². The first-order valence-electron chi connectivity index (χ1n) is 8.03. The number of rotatable bonds is 4. The number of carbonyl (C=O) groups excluding carboxylic acids is 1. The van der Waals surface area contributed by atoms with Gasteiger partial charge in [-0.25, -0.2) is 4.98 Å². The summed E-state index contributed by atoms with van der Waals surface area (Å²) in [4.78, 5) is 18.8. The summed E-state index contributed by atoms with van der Waals surface area (Å²) in [6, 6.07) is 4.03. The zero-order valence-electron chi connectivity index (χ0n) is 12.8.